The minimum absolute atomic E-state index is 0.0243. The lowest BCUT2D eigenvalue weighted by atomic mass is 10.1. The van der Waals surface area contributed by atoms with Crippen molar-refractivity contribution in [2.24, 2.45) is 5.73 Å². The van der Waals surface area contributed by atoms with Gasteiger partial charge in [-0.2, -0.15) is 4.39 Å². The number of methoxy groups -OCH3 is 1. The molecule has 0 amide bonds. The molecule has 1 aromatic carbocycles. The van der Waals surface area contributed by atoms with Crippen molar-refractivity contribution in [3.8, 4) is 11.5 Å². The molecular formula is C10H11F2NO2. The Morgan fingerprint density at radius 1 is 1.47 bits per heavy atom. The van der Waals surface area contributed by atoms with Gasteiger partial charge in [0.05, 0.1) is 7.11 Å². The second kappa shape index (κ2) is 4.75. The molecule has 15 heavy (non-hydrogen) atoms. The molecule has 0 radical (unpaired) electrons. The Morgan fingerprint density at radius 3 is 2.67 bits per heavy atom. The van der Waals surface area contributed by atoms with Crippen LogP contribution >= 0.6 is 0 Å². The van der Waals surface area contributed by atoms with Crippen LogP contribution in [0.4, 0.5) is 8.78 Å². The Bertz CT molecular complexity index is 391. The van der Waals surface area contributed by atoms with Crippen LogP contribution in [0.25, 0.3) is 6.08 Å². The first-order valence-corrected chi connectivity index (χ1v) is 4.23. The molecule has 0 saturated carbocycles. The van der Waals surface area contributed by atoms with Crippen molar-refractivity contribution in [3.63, 3.8) is 0 Å². The highest BCUT2D eigenvalue weighted by Crippen LogP contribution is 2.31. The topological polar surface area (TPSA) is 55.5 Å². The summed E-state index contributed by atoms with van der Waals surface area (Å²) in [7, 11) is 1.23. The lowest BCUT2D eigenvalue weighted by Gasteiger charge is -2.06. The molecule has 0 fully saturated rings. The van der Waals surface area contributed by atoms with Crippen LogP contribution in [-0.4, -0.2) is 18.8 Å². The van der Waals surface area contributed by atoms with Crippen molar-refractivity contribution in [3.05, 3.63) is 29.3 Å². The third-order valence-electron chi connectivity index (χ3n) is 1.83. The summed E-state index contributed by atoms with van der Waals surface area (Å²) < 4.78 is 31.0. The summed E-state index contributed by atoms with van der Waals surface area (Å²) in [5.74, 6) is -3.41. The first-order valence-electron chi connectivity index (χ1n) is 4.23. The zero-order valence-corrected chi connectivity index (χ0v) is 8.13. The smallest absolute Gasteiger partial charge is 0.209 e. The Labute approximate surface area is 85.8 Å². The molecule has 3 N–H and O–H groups in total. The monoisotopic (exact) mass is 215 g/mol. The van der Waals surface area contributed by atoms with Gasteiger partial charge in [0.15, 0.2) is 17.3 Å². The maximum atomic E-state index is 13.3. The normalized spacial score (nSPS) is 10.9. The van der Waals surface area contributed by atoms with E-state index in [4.69, 9.17) is 10.8 Å². The summed E-state index contributed by atoms with van der Waals surface area (Å²) in [6.45, 7) is 0.222. The summed E-state index contributed by atoms with van der Waals surface area (Å²) in [4.78, 5) is 0. The van der Waals surface area contributed by atoms with E-state index in [1.807, 2.05) is 0 Å². The predicted octanol–water partition coefficient (Wildman–Crippen LogP) is 1.65. The number of halogens is 2. The van der Waals surface area contributed by atoms with Crippen molar-refractivity contribution in [2.45, 2.75) is 0 Å². The fourth-order valence-electron chi connectivity index (χ4n) is 1.08. The molecule has 0 unspecified atom stereocenters. The first kappa shape index (κ1) is 11.5. The summed E-state index contributed by atoms with van der Waals surface area (Å²) in [5, 5.41) is 9.10. The highest BCUT2D eigenvalue weighted by molar-refractivity contribution is 5.56. The van der Waals surface area contributed by atoms with Crippen molar-refractivity contribution < 1.29 is 18.6 Å². The van der Waals surface area contributed by atoms with Gasteiger partial charge < -0.3 is 15.6 Å². The van der Waals surface area contributed by atoms with E-state index in [1.54, 1.807) is 0 Å². The molecule has 1 rings (SSSR count). The van der Waals surface area contributed by atoms with Crippen LogP contribution in [0.5, 0.6) is 11.5 Å². The quantitative estimate of drug-likeness (QED) is 0.806. The van der Waals surface area contributed by atoms with E-state index in [9.17, 15) is 8.78 Å². The standard InChI is InChI=1S/C10H11F2NO2/c1-15-7-5-6(3-2-4-13)8(11)10(14)9(7)12/h2-3,5,14H,4,13H2,1H3/b3-2+. The molecule has 0 aliphatic carbocycles. The Hall–Kier alpha value is -1.62. The lowest BCUT2D eigenvalue weighted by Crippen LogP contribution is -1.95. The zero-order valence-electron chi connectivity index (χ0n) is 8.13. The van der Waals surface area contributed by atoms with Gasteiger partial charge in [-0.1, -0.05) is 12.2 Å². The third-order valence-corrected chi connectivity index (χ3v) is 1.83. The minimum atomic E-state index is -1.11. The van der Waals surface area contributed by atoms with E-state index < -0.39 is 17.4 Å². The fraction of sp³-hybridized carbons (Fsp3) is 0.200. The van der Waals surface area contributed by atoms with Gasteiger partial charge in [0.25, 0.3) is 0 Å². The molecule has 0 aliphatic heterocycles. The van der Waals surface area contributed by atoms with Crippen LogP contribution in [0.3, 0.4) is 0 Å². The number of phenolic OH excluding ortho intramolecular Hbond substituents is 1. The van der Waals surface area contributed by atoms with Gasteiger partial charge in [-0.3, -0.25) is 0 Å². The van der Waals surface area contributed by atoms with E-state index in [0.717, 1.165) is 6.07 Å². The van der Waals surface area contributed by atoms with Crippen LogP contribution in [0.1, 0.15) is 5.56 Å². The van der Waals surface area contributed by atoms with E-state index in [1.165, 1.54) is 19.3 Å². The fourth-order valence-corrected chi connectivity index (χ4v) is 1.08. The highest BCUT2D eigenvalue weighted by atomic mass is 19.1. The van der Waals surface area contributed by atoms with Gasteiger partial charge in [-0.25, -0.2) is 4.39 Å². The van der Waals surface area contributed by atoms with Gasteiger partial charge in [0.1, 0.15) is 0 Å². The number of hydrogen-bond acceptors (Lipinski definition) is 3. The van der Waals surface area contributed by atoms with Crippen molar-refractivity contribution >= 4 is 6.08 Å². The second-order valence-corrected chi connectivity index (χ2v) is 2.78. The van der Waals surface area contributed by atoms with Crippen LogP contribution in [0, 0.1) is 11.6 Å². The average molecular weight is 215 g/mol. The maximum absolute atomic E-state index is 13.3. The Balaban J connectivity index is 3.28. The summed E-state index contributed by atoms with van der Waals surface area (Å²) in [6.07, 6.45) is 2.83. The number of nitrogens with two attached hydrogens (primary N) is 1. The molecule has 0 saturated heterocycles. The molecule has 5 heteroatoms. The SMILES string of the molecule is COc1cc(/C=C/CN)c(F)c(O)c1F. The van der Waals surface area contributed by atoms with E-state index in [-0.39, 0.29) is 17.9 Å². The summed E-state index contributed by atoms with van der Waals surface area (Å²) >= 11 is 0. The van der Waals surface area contributed by atoms with E-state index >= 15 is 0 Å². The number of benzene rings is 1. The van der Waals surface area contributed by atoms with Crippen LogP contribution < -0.4 is 10.5 Å². The third kappa shape index (κ3) is 2.24. The molecule has 1 aromatic rings. The Morgan fingerprint density at radius 2 is 2.13 bits per heavy atom. The van der Waals surface area contributed by atoms with Gasteiger partial charge in [-0.15, -0.1) is 0 Å². The van der Waals surface area contributed by atoms with Gasteiger partial charge in [-0.05, 0) is 6.07 Å². The number of aromatic hydroxyl groups is 1. The number of hydrogen-bond donors (Lipinski definition) is 2. The number of rotatable bonds is 3. The van der Waals surface area contributed by atoms with Crippen molar-refractivity contribution in [2.75, 3.05) is 13.7 Å². The highest BCUT2D eigenvalue weighted by Gasteiger charge is 2.16. The molecule has 3 nitrogen and oxygen atoms in total. The molecule has 0 bridgehead atoms. The average Bonchev–Trinajstić information content (AvgIpc) is 2.25. The van der Waals surface area contributed by atoms with Gasteiger partial charge in [0, 0.05) is 12.1 Å². The molecule has 0 spiro atoms. The lowest BCUT2D eigenvalue weighted by molar-refractivity contribution is 0.350. The summed E-state index contributed by atoms with van der Waals surface area (Å²) in [5.41, 5.74) is 5.21. The minimum Gasteiger partial charge on any atom is -0.503 e. The largest absolute Gasteiger partial charge is 0.503 e. The van der Waals surface area contributed by atoms with E-state index in [2.05, 4.69) is 4.74 Å². The van der Waals surface area contributed by atoms with Crippen LogP contribution in [0.15, 0.2) is 12.1 Å². The molecule has 0 atom stereocenters. The second-order valence-electron chi connectivity index (χ2n) is 2.78. The van der Waals surface area contributed by atoms with Gasteiger partial charge >= 0.3 is 0 Å². The molecule has 0 heterocycles. The maximum Gasteiger partial charge on any atom is 0.209 e. The van der Waals surface area contributed by atoms with Crippen LogP contribution in [-0.2, 0) is 0 Å². The number of ether oxygens (including phenoxy) is 1. The van der Waals surface area contributed by atoms with Crippen molar-refractivity contribution in [1.29, 1.82) is 0 Å². The molecular weight excluding hydrogens is 204 g/mol. The summed E-state index contributed by atoms with van der Waals surface area (Å²) in [6, 6.07) is 1.15. The molecule has 0 aromatic heterocycles. The Kier molecular flexibility index (Phi) is 3.62. The molecule has 0 aliphatic rings. The zero-order chi connectivity index (χ0) is 11.4. The van der Waals surface area contributed by atoms with E-state index in [0.29, 0.717) is 0 Å². The van der Waals surface area contributed by atoms with Crippen molar-refractivity contribution in [1.82, 2.24) is 0 Å². The number of phenols is 1. The molecule has 82 valence electrons. The predicted molar refractivity (Wildman–Crippen MR) is 52.7 cm³/mol. The van der Waals surface area contributed by atoms with Gasteiger partial charge in [0.2, 0.25) is 5.82 Å². The first-order chi connectivity index (χ1) is 7.11. The van der Waals surface area contributed by atoms with Crippen LogP contribution in [0.2, 0.25) is 0 Å².